The van der Waals surface area contributed by atoms with Crippen LogP contribution >= 0.6 is 0 Å². The Balaban J connectivity index is 1.71. The zero-order chi connectivity index (χ0) is 15.5. The van der Waals surface area contributed by atoms with Crippen LogP contribution in [0.1, 0.15) is 22.8 Å². The van der Waals surface area contributed by atoms with Crippen LogP contribution in [0.25, 0.3) is 10.9 Å². The maximum Gasteiger partial charge on any atom is 0.315 e. The van der Waals surface area contributed by atoms with Gasteiger partial charge in [-0.15, -0.1) is 0 Å². The molecule has 0 fully saturated rings. The fourth-order valence-corrected chi connectivity index (χ4v) is 2.36. The molecular weight excluding hydrogens is 278 g/mol. The number of aromatic amines is 1. The number of ether oxygens (including phenoxy) is 1. The van der Waals surface area contributed by atoms with Crippen molar-refractivity contribution < 1.29 is 14.3 Å². The van der Waals surface area contributed by atoms with Crippen LogP contribution in [0, 0.1) is 0 Å². The Labute approximate surface area is 127 Å². The van der Waals surface area contributed by atoms with Crippen LogP contribution in [0.3, 0.4) is 0 Å². The molecule has 0 aliphatic carbocycles. The number of Topliss-reactive ketones (excluding diaryl/α,β-unsaturated/α-hetero) is 1. The monoisotopic (exact) mass is 293 g/mol. The maximum atomic E-state index is 12.0. The molecule has 0 saturated carbocycles. The molecule has 3 aromatic rings. The largest absolute Gasteiger partial charge is 0.426 e. The summed E-state index contributed by atoms with van der Waals surface area (Å²) in [5.41, 5.74) is 2.49. The SMILES string of the molecule is CC(=O)c1ccc(OC(=O)Cc2c[nH]c3ccccc23)cc1. The Morgan fingerprint density at radius 1 is 1.05 bits per heavy atom. The highest BCUT2D eigenvalue weighted by atomic mass is 16.5. The minimum Gasteiger partial charge on any atom is -0.426 e. The maximum absolute atomic E-state index is 12.0. The molecule has 0 aliphatic rings. The number of benzene rings is 2. The van der Waals surface area contributed by atoms with Gasteiger partial charge in [0.2, 0.25) is 0 Å². The normalized spacial score (nSPS) is 10.6. The minimum absolute atomic E-state index is 0.0170. The number of carbonyl (C=O) groups excluding carboxylic acids is 2. The van der Waals surface area contributed by atoms with Crippen molar-refractivity contribution in [1.29, 1.82) is 0 Å². The van der Waals surface area contributed by atoms with E-state index in [1.807, 2.05) is 30.5 Å². The lowest BCUT2D eigenvalue weighted by Crippen LogP contribution is -2.11. The number of ketones is 1. The summed E-state index contributed by atoms with van der Waals surface area (Å²) in [5.74, 6) is 0.0897. The minimum atomic E-state index is -0.333. The van der Waals surface area contributed by atoms with E-state index in [0.717, 1.165) is 16.5 Å². The van der Waals surface area contributed by atoms with Gasteiger partial charge in [-0.05, 0) is 42.8 Å². The third-order valence-corrected chi connectivity index (χ3v) is 3.50. The van der Waals surface area contributed by atoms with Crippen molar-refractivity contribution in [1.82, 2.24) is 4.98 Å². The van der Waals surface area contributed by atoms with Crippen molar-refractivity contribution in [3.8, 4) is 5.75 Å². The van der Waals surface area contributed by atoms with E-state index in [1.165, 1.54) is 6.92 Å². The Hall–Kier alpha value is -2.88. The second kappa shape index (κ2) is 5.85. The van der Waals surface area contributed by atoms with Gasteiger partial charge in [0.15, 0.2) is 5.78 Å². The van der Waals surface area contributed by atoms with Gasteiger partial charge in [-0.2, -0.15) is 0 Å². The Bertz CT molecular complexity index is 831. The highest BCUT2D eigenvalue weighted by Gasteiger charge is 2.11. The quantitative estimate of drug-likeness (QED) is 0.455. The van der Waals surface area contributed by atoms with E-state index in [4.69, 9.17) is 4.74 Å². The molecule has 0 amide bonds. The molecule has 0 atom stereocenters. The number of H-pyrrole nitrogens is 1. The van der Waals surface area contributed by atoms with Crippen LogP contribution in [0.5, 0.6) is 5.75 Å². The number of hydrogen-bond donors (Lipinski definition) is 1. The number of para-hydroxylation sites is 1. The number of aromatic nitrogens is 1. The number of nitrogens with one attached hydrogen (secondary N) is 1. The van der Waals surface area contributed by atoms with Crippen molar-refractivity contribution in [2.75, 3.05) is 0 Å². The second-order valence-corrected chi connectivity index (χ2v) is 5.09. The van der Waals surface area contributed by atoms with E-state index in [0.29, 0.717) is 11.3 Å². The predicted octanol–water partition coefficient (Wildman–Crippen LogP) is 3.52. The van der Waals surface area contributed by atoms with Crippen LogP contribution in [0.2, 0.25) is 0 Å². The standard InChI is InChI=1S/C18H15NO3/c1-12(20)13-6-8-15(9-7-13)22-18(21)10-14-11-19-17-5-3-2-4-16(14)17/h2-9,11,19H,10H2,1H3. The van der Waals surface area contributed by atoms with E-state index in [1.54, 1.807) is 24.3 Å². The lowest BCUT2D eigenvalue weighted by Gasteiger charge is -2.04. The van der Waals surface area contributed by atoms with Crippen LogP contribution in [0.15, 0.2) is 54.7 Å². The van der Waals surface area contributed by atoms with Crippen LogP contribution in [-0.4, -0.2) is 16.7 Å². The number of rotatable bonds is 4. The summed E-state index contributed by atoms with van der Waals surface area (Å²) in [6.07, 6.45) is 2.02. The first-order chi connectivity index (χ1) is 10.6. The molecular formula is C18H15NO3. The molecule has 1 heterocycles. The van der Waals surface area contributed by atoms with Crippen molar-refractivity contribution in [3.05, 3.63) is 65.9 Å². The van der Waals surface area contributed by atoms with Gasteiger partial charge in [-0.3, -0.25) is 9.59 Å². The number of fused-ring (bicyclic) bond motifs is 1. The highest BCUT2D eigenvalue weighted by Crippen LogP contribution is 2.19. The molecule has 0 unspecified atom stereocenters. The van der Waals surface area contributed by atoms with Crippen LogP contribution in [0.4, 0.5) is 0 Å². The molecule has 0 bridgehead atoms. The first-order valence-corrected chi connectivity index (χ1v) is 7.00. The Morgan fingerprint density at radius 3 is 2.50 bits per heavy atom. The van der Waals surface area contributed by atoms with Crippen LogP contribution in [-0.2, 0) is 11.2 Å². The van der Waals surface area contributed by atoms with Gasteiger partial charge in [-0.1, -0.05) is 18.2 Å². The highest BCUT2D eigenvalue weighted by molar-refractivity contribution is 5.94. The number of hydrogen-bond acceptors (Lipinski definition) is 3. The molecule has 4 heteroatoms. The second-order valence-electron chi connectivity index (χ2n) is 5.09. The molecule has 22 heavy (non-hydrogen) atoms. The summed E-state index contributed by atoms with van der Waals surface area (Å²) in [6.45, 7) is 1.50. The molecule has 3 rings (SSSR count). The molecule has 0 saturated heterocycles. The molecule has 1 aromatic heterocycles. The Kier molecular flexibility index (Phi) is 3.74. The van der Waals surface area contributed by atoms with Crippen molar-refractivity contribution in [2.45, 2.75) is 13.3 Å². The Morgan fingerprint density at radius 2 is 1.77 bits per heavy atom. The zero-order valence-electron chi connectivity index (χ0n) is 12.1. The first kappa shape index (κ1) is 14.1. The third-order valence-electron chi connectivity index (χ3n) is 3.50. The summed E-state index contributed by atoms with van der Waals surface area (Å²) >= 11 is 0. The summed E-state index contributed by atoms with van der Waals surface area (Å²) in [7, 11) is 0. The van der Waals surface area contributed by atoms with E-state index >= 15 is 0 Å². The van der Waals surface area contributed by atoms with Crippen LogP contribution < -0.4 is 4.74 Å². The smallest absolute Gasteiger partial charge is 0.315 e. The fraction of sp³-hybridized carbons (Fsp3) is 0.111. The number of esters is 1. The average Bonchev–Trinajstić information content (AvgIpc) is 2.91. The summed E-state index contributed by atoms with van der Waals surface area (Å²) in [4.78, 5) is 26.4. The van der Waals surface area contributed by atoms with Gasteiger partial charge in [0.1, 0.15) is 5.75 Å². The molecule has 4 nitrogen and oxygen atoms in total. The van der Waals surface area contributed by atoms with Crippen molar-refractivity contribution >= 4 is 22.7 Å². The number of carbonyl (C=O) groups is 2. The summed E-state index contributed by atoms with van der Waals surface area (Å²) in [5, 5.41) is 1.02. The van der Waals surface area contributed by atoms with E-state index in [-0.39, 0.29) is 18.2 Å². The van der Waals surface area contributed by atoms with Gasteiger partial charge in [0.25, 0.3) is 0 Å². The van der Waals surface area contributed by atoms with Crippen molar-refractivity contribution in [3.63, 3.8) is 0 Å². The predicted molar refractivity (Wildman–Crippen MR) is 84.1 cm³/mol. The molecule has 0 aliphatic heterocycles. The van der Waals surface area contributed by atoms with E-state index in [2.05, 4.69) is 4.98 Å². The molecule has 2 aromatic carbocycles. The molecule has 1 N–H and O–H groups in total. The zero-order valence-corrected chi connectivity index (χ0v) is 12.1. The topological polar surface area (TPSA) is 59.2 Å². The average molecular weight is 293 g/mol. The summed E-state index contributed by atoms with van der Waals surface area (Å²) < 4.78 is 5.31. The van der Waals surface area contributed by atoms with E-state index < -0.39 is 0 Å². The molecule has 0 spiro atoms. The van der Waals surface area contributed by atoms with Gasteiger partial charge < -0.3 is 9.72 Å². The van der Waals surface area contributed by atoms with Gasteiger partial charge >= 0.3 is 5.97 Å². The lowest BCUT2D eigenvalue weighted by atomic mass is 10.1. The lowest BCUT2D eigenvalue weighted by molar-refractivity contribution is -0.133. The summed E-state index contributed by atoms with van der Waals surface area (Å²) in [6, 6.07) is 14.4. The molecule has 0 radical (unpaired) electrons. The first-order valence-electron chi connectivity index (χ1n) is 7.00. The third kappa shape index (κ3) is 2.91. The molecule has 110 valence electrons. The fourth-order valence-electron chi connectivity index (χ4n) is 2.36. The van der Waals surface area contributed by atoms with Gasteiger partial charge in [0, 0.05) is 22.7 Å². The van der Waals surface area contributed by atoms with E-state index in [9.17, 15) is 9.59 Å². The van der Waals surface area contributed by atoms with Crippen molar-refractivity contribution in [2.24, 2.45) is 0 Å². The van der Waals surface area contributed by atoms with Gasteiger partial charge in [-0.25, -0.2) is 0 Å². The van der Waals surface area contributed by atoms with Gasteiger partial charge in [0.05, 0.1) is 6.42 Å².